The molecular weight excluding hydrogens is 834 g/mol. The van der Waals surface area contributed by atoms with Gasteiger partial charge in [0.2, 0.25) is 11.8 Å². The highest BCUT2D eigenvalue weighted by atomic mass is 35.5. The molecule has 1 saturated carbocycles. The molecule has 0 radical (unpaired) electrons. The average molecular weight is 863 g/mol. The average Bonchev–Trinajstić information content (AvgIpc) is 3.56. The molecule has 4 aromatic carbocycles. The Kier molecular flexibility index (Phi) is 9.54. The van der Waals surface area contributed by atoms with Crippen molar-refractivity contribution in [1.82, 2.24) is 5.01 Å². The molecule has 0 spiro atoms. The van der Waals surface area contributed by atoms with E-state index in [4.69, 9.17) is 27.9 Å². The quantitative estimate of drug-likeness (QED) is 0.113. The second kappa shape index (κ2) is 14.0. The molecule has 59 heavy (non-hydrogen) atoms. The fourth-order valence-electron chi connectivity index (χ4n) is 9.27. The van der Waals surface area contributed by atoms with Gasteiger partial charge in [0.15, 0.2) is 11.5 Å². The van der Waals surface area contributed by atoms with E-state index in [2.05, 4.69) is 5.43 Å². The van der Waals surface area contributed by atoms with Gasteiger partial charge in [-0.3, -0.25) is 24.6 Å². The smallest absolute Gasteiger partial charge is 0.416 e. The van der Waals surface area contributed by atoms with Crippen molar-refractivity contribution >= 4 is 58.2 Å². The van der Waals surface area contributed by atoms with Crippen LogP contribution in [0.1, 0.15) is 41.0 Å². The number of aromatic hydroxyl groups is 1. The molecule has 8 rings (SSSR count). The van der Waals surface area contributed by atoms with Gasteiger partial charge in [0.05, 0.1) is 57.8 Å². The van der Waals surface area contributed by atoms with Crippen molar-refractivity contribution in [2.45, 2.75) is 36.5 Å². The second-order valence-corrected chi connectivity index (χ2v) is 15.5. The van der Waals surface area contributed by atoms with Gasteiger partial charge in [-0.2, -0.15) is 31.4 Å². The standard InChI is InChI=1S/C41H28Cl2F7N3O6/c1-59-31-13-18(12-30(43)34(31)54)33-26-10-11-27-32(37(57)52(35(27)55)25-15-20(40(45,46)47)14-21(16-25)41(48,49)50)28(26)17-29-36(56)53(51-24-8-6-23(44)7-9-24)38(58)39(29,33)19-2-4-22(42)5-3-19/h2-10,12-16,27-29,32-33,51,54H,11,17H2,1H3. The third-order valence-electron chi connectivity index (χ3n) is 11.7. The summed E-state index contributed by atoms with van der Waals surface area (Å²) < 4.78 is 103. The second-order valence-electron chi connectivity index (χ2n) is 14.7. The van der Waals surface area contributed by atoms with Crippen molar-refractivity contribution < 1.29 is 59.8 Å². The SMILES string of the molecule is COc1cc(C2C3=CCC4C(=O)N(c5cc(C(F)(F)F)cc(C(F)(F)F)c5)C(=O)C4C3CC3C(=O)N(Nc4ccc(F)cc4)C(=O)C32c2ccc(Cl)cc2)cc(Cl)c1O. The first kappa shape index (κ1) is 40.2. The maximum atomic E-state index is 15.3. The van der Waals surface area contributed by atoms with Crippen LogP contribution in [0.2, 0.25) is 10.0 Å². The van der Waals surface area contributed by atoms with E-state index in [9.17, 15) is 50.2 Å². The number of nitrogens with zero attached hydrogens (tertiary/aromatic N) is 2. The first-order chi connectivity index (χ1) is 27.8. The number of ether oxygens (including phenoxy) is 1. The zero-order valence-corrected chi connectivity index (χ0v) is 31.7. The number of phenols is 1. The Balaban J connectivity index is 1.33. The largest absolute Gasteiger partial charge is 0.503 e. The minimum absolute atomic E-state index is 0.116. The molecule has 2 aliphatic carbocycles. The fourth-order valence-corrected chi connectivity index (χ4v) is 9.61. The number of carbonyl (C=O) groups excluding carboxylic acids is 4. The third kappa shape index (κ3) is 6.29. The van der Waals surface area contributed by atoms with Crippen LogP contribution < -0.4 is 15.1 Å². The highest BCUT2D eigenvalue weighted by molar-refractivity contribution is 6.32. The fraction of sp³-hybridized carbons (Fsp3) is 0.268. The molecule has 4 amide bonds. The molecule has 3 fully saturated rings. The number of alkyl halides is 6. The van der Waals surface area contributed by atoms with Crippen molar-refractivity contribution in [3.8, 4) is 11.5 Å². The highest BCUT2D eigenvalue weighted by Gasteiger charge is 2.70. The van der Waals surface area contributed by atoms with Crippen LogP contribution >= 0.6 is 23.2 Å². The van der Waals surface area contributed by atoms with Crippen LogP contribution in [0.5, 0.6) is 11.5 Å². The monoisotopic (exact) mass is 861 g/mol. The topological polar surface area (TPSA) is 116 Å². The normalized spacial score (nSPS) is 25.5. The van der Waals surface area contributed by atoms with Gasteiger partial charge in [0, 0.05) is 10.9 Å². The van der Waals surface area contributed by atoms with E-state index in [-0.39, 0.29) is 51.5 Å². The Morgan fingerprint density at radius 1 is 0.814 bits per heavy atom. The van der Waals surface area contributed by atoms with Crippen LogP contribution in [0.3, 0.4) is 0 Å². The number of fused-ring (bicyclic) bond motifs is 4. The number of allylic oxidation sites excluding steroid dienone is 2. The van der Waals surface area contributed by atoms with E-state index >= 15 is 4.79 Å². The molecule has 306 valence electrons. The Morgan fingerprint density at radius 2 is 1.44 bits per heavy atom. The molecule has 2 heterocycles. The number of carbonyl (C=O) groups is 4. The number of phenolic OH excluding ortho intramolecular Hbond substituents is 1. The number of anilines is 2. The van der Waals surface area contributed by atoms with Gasteiger partial charge in [-0.15, -0.1) is 0 Å². The van der Waals surface area contributed by atoms with Gasteiger partial charge in [0.1, 0.15) is 5.82 Å². The number of benzene rings is 4. The van der Waals surface area contributed by atoms with Crippen LogP contribution in [0, 0.1) is 29.5 Å². The maximum absolute atomic E-state index is 15.3. The van der Waals surface area contributed by atoms with E-state index in [0.29, 0.717) is 22.6 Å². The molecule has 4 aliphatic rings. The summed E-state index contributed by atoms with van der Waals surface area (Å²) >= 11 is 12.8. The minimum Gasteiger partial charge on any atom is -0.503 e. The molecule has 2 saturated heterocycles. The van der Waals surface area contributed by atoms with Gasteiger partial charge in [-0.25, -0.2) is 9.29 Å². The van der Waals surface area contributed by atoms with Crippen molar-refractivity contribution in [2.75, 3.05) is 17.4 Å². The predicted octanol–water partition coefficient (Wildman–Crippen LogP) is 9.07. The van der Waals surface area contributed by atoms with E-state index in [1.807, 2.05) is 0 Å². The summed E-state index contributed by atoms with van der Waals surface area (Å²) in [7, 11) is 1.25. The van der Waals surface area contributed by atoms with Crippen LogP contribution in [0.25, 0.3) is 0 Å². The van der Waals surface area contributed by atoms with Gasteiger partial charge in [-0.05, 0) is 96.6 Å². The van der Waals surface area contributed by atoms with Crippen molar-refractivity contribution in [3.05, 3.63) is 129 Å². The Labute approximate surface area is 339 Å². The third-order valence-corrected chi connectivity index (χ3v) is 12.2. The number of methoxy groups -OCH3 is 1. The molecule has 6 unspecified atom stereocenters. The molecular formula is C41H28Cl2F7N3O6. The lowest BCUT2D eigenvalue weighted by atomic mass is 9.49. The summed E-state index contributed by atoms with van der Waals surface area (Å²) in [5.74, 6) is -11.3. The Bertz CT molecular complexity index is 2440. The number of nitrogens with one attached hydrogen (secondary N) is 1. The number of amides is 4. The number of hydrazine groups is 1. The Morgan fingerprint density at radius 3 is 2.03 bits per heavy atom. The molecule has 2 N–H and O–H groups in total. The van der Waals surface area contributed by atoms with Gasteiger partial charge in [-0.1, -0.05) is 47.0 Å². The summed E-state index contributed by atoms with van der Waals surface area (Å²) in [5, 5.41) is 11.6. The van der Waals surface area contributed by atoms with E-state index < -0.39 is 99.4 Å². The molecule has 18 heteroatoms. The van der Waals surface area contributed by atoms with Crippen LogP contribution in [0.15, 0.2) is 90.5 Å². The summed E-state index contributed by atoms with van der Waals surface area (Å²) in [6, 6.07) is 14.1. The molecule has 0 aromatic heterocycles. The summed E-state index contributed by atoms with van der Waals surface area (Å²) in [5.41, 5.74) is -2.53. The van der Waals surface area contributed by atoms with Crippen LogP contribution in [-0.2, 0) is 36.9 Å². The Hall–Kier alpha value is -5.61. The minimum atomic E-state index is -5.28. The van der Waals surface area contributed by atoms with Gasteiger partial charge in [0.25, 0.3) is 11.8 Å². The van der Waals surface area contributed by atoms with Crippen LogP contribution in [0.4, 0.5) is 42.1 Å². The molecule has 0 bridgehead atoms. The molecule has 9 nitrogen and oxygen atoms in total. The molecule has 6 atom stereocenters. The molecule has 2 aliphatic heterocycles. The zero-order valence-electron chi connectivity index (χ0n) is 30.2. The number of hydrogen-bond donors (Lipinski definition) is 2. The summed E-state index contributed by atoms with van der Waals surface area (Å²) in [6.07, 6.45) is -9.50. The van der Waals surface area contributed by atoms with Gasteiger partial charge >= 0.3 is 12.4 Å². The molecule has 4 aromatic rings. The lowest BCUT2D eigenvalue weighted by Crippen LogP contribution is -2.53. The van der Waals surface area contributed by atoms with E-state index in [1.54, 1.807) is 18.2 Å². The lowest BCUT2D eigenvalue weighted by molar-refractivity contribution is -0.143. The number of halogens is 9. The lowest BCUT2D eigenvalue weighted by Gasteiger charge is -2.50. The number of imide groups is 2. The van der Waals surface area contributed by atoms with E-state index in [0.717, 1.165) is 17.1 Å². The van der Waals surface area contributed by atoms with Crippen molar-refractivity contribution in [2.24, 2.45) is 23.7 Å². The predicted molar refractivity (Wildman–Crippen MR) is 198 cm³/mol. The van der Waals surface area contributed by atoms with E-state index in [1.165, 1.54) is 43.5 Å². The summed E-state index contributed by atoms with van der Waals surface area (Å²) in [6.45, 7) is 0. The highest BCUT2D eigenvalue weighted by Crippen LogP contribution is 2.65. The van der Waals surface area contributed by atoms with Crippen molar-refractivity contribution in [1.29, 1.82) is 0 Å². The zero-order chi connectivity index (χ0) is 42.5. The first-order valence-corrected chi connectivity index (χ1v) is 18.6. The van der Waals surface area contributed by atoms with Crippen molar-refractivity contribution in [3.63, 3.8) is 0 Å². The van der Waals surface area contributed by atoms with Gasteiger partial charge < -0.3 is 9.84 Å². The maximum Gasteiger partial charge on any atom is 0.416 e. The number of rotatable bonds is 6. The van der Waals surface area contributed by atoms with Crippen LogP contribution in [-0.4, -0.2) is 40.9 Å². The number of hydrogen-bond acceptors (Lipinski definition) is 7. The summed E-state index contributed by atoms with van der Waals surface area (Å²) in [4.78, 5) is 59.0. The first-order valence-electron chi connectivity index (χ1n) is 17.9.